The molecule has 0 heterocycles. The second-order valence-corrected chi connectivity index (χ2v) is 5.80. The van der Waals surface area contributed by atoms with E-state index in [-0.39, 0.29) is 0 Å². The molecule has 0 bridgehead atoms. The van der Waals surface area contributed by atoms with Gasteiger partial charge < -0.3 is 20.4 Å². The summed E-state index contributed by atoms with van der Waals surface area (Å²) >= 11 is 1.58. The highest BCUT2D eigenvalue weighted by molar-refractivity contribution is 7.99. The van der Waals surface area contributed by atoms with Gasteiger partial charge in [-0.05, 0) is 12.2 Å². The predicted molar refractivity (Wildman–Crippen MR) is 75.8 cm³/mol. The number of unbranched alkanes of at least 4 members (excludes halogenated alkanes) is 5. The molecule has 4 N–H and O–H groups in total. The van der Waals surface area contributed by atoms with Crippen molar-refractivity contribution in [3.05, 3.63) is 0 Å². The van der Waals surface area contributed by atoms with Crippen molar-refractivity contribution in [2.24, 2.45) is 0 Å². The van der Waals surface area contributed by atoms with Crippen LogP contribution in [-0.4, -0.2) is 56.9 Å². The zero-order valence-corrected chi connectivity index (χ0v) is 12.1. The van der Waals surface area contributed by atoms with Crippen molar-refractivity contribution in [2.45, 2.75) is 63.8 Å². The molecule has 0 amide bonds. The number of thioether (sulfide) groups is 1. The van der Waals surface area contributed by atoms with Crippen LogP contribution in [-0.2, 0) is 0 Å². The first-order chi connectivity index (χ1) is 8.63. The van der Waals surface area contributed by atoms with Crippen molar-refractivity contribution in [1.82, 2.24) is 0 Å². The van der Waals surface area contributed by atoms with Crippen LogP contribution in [0, 0.1) is 0 Å². The van der Waals surface area contributed by atoms with Gasteiger partial charge in [0.05, 0.1) is 12.7 Å². The summed E-state index contributed by atoms with van der Waals surface area (Å²) in [5, 5.41) is 36.8. The summed E-state index contributed by atoms with van der Waals surface area (Å²) in [5.74, 6) is 1.36. The van der Waals surface area contributed by atoms with E-state index in [0.29, 0.717) is 5.75 Å². The fraction of sp³-hybridized carbons (Fsp3) is 1.00. The van der Waals surface area contributed by atoms with Gasteiger partial charge in [-0.25, -0.2) is 0 Å². The molecule has 0 aromatic heterocycles. The number of rotatable bonds is 12. The lowest BCUT2D eigenvalue weighted by Crippen LogP contribution is -2.40. The normalized spacial score (nSPS) is 16.5. The van der Waals surface area contributed by atoms with Gasteiger partial charge in [-0.15, -0.1) is 0 Å². The first-order valence-electron chi connectivity index (χ1n) is 6.86. The molecule has 0 spiro atoms. The largest absolute Gasteiger partial charge is 0.394 e. The first kappa shape index (κ1) is 18.2. The highest BCUT2D eigenvalue weighted by Crippen LogP contribution is 2.12. The van der Waals surface area contributed by atoms with Gasteiger partial charge in [0.2, 0.25) is 0 Å². The van der Waals surface area contributed by atoms with Crippen molar-refractivity contribution < 1.29 is 20.4 Å². The Morgan fingerprint density at radius 1 is 0.889 bits per heavy atom. The van der Waals surface area contributed by atoms with Gasteiger partial charge in [0, 0.05) is 5.75 Å². The summed E-state index contributed by atoms with van der Waals surface area (Å²) < 4.78 is 0. The molecule has 0 aromatic carbocycles. The smallest absolute Gasteiger partial charge is 0.109 e. The van der Waals surface area contributed by atoms with E-state index in [1.54, 1.807) is 11.8 Å². The molecule has 110 valence electrons. The van der Waals surface area contributed by atoms with Crippen LogP contribution >= 0.6 is 11.8 Å². The molecule has 18 heavy (non-hydrogen) atoms. The molecular formula is C13H28O4S. The third kappa shape index (κ3) is 9.16. The van der Waals surface area contributed by atoms with Gasteiger partial charge in [-0.3, -0.25) is 0 Å². The monoisotopic (exact) mass is 280 g/mol. The van der Waals surface area contributed by atoms with Crippen LogP contribution < -0.4 is 0 Å². The van der Waals surface area contributed by atoms with E-state index >= 15 is 0 Å². The Morgan fingerprint density at radius 3 is 2.11 bits per heavy atom. The van der Waals surface area contributed by atoms with Crippen molar-refractivity contribution in [1.29, 1.82) is 0 Å². The Hall–Kier alpha value is 0.190. The molecule has 5 heteroatoms. The summed E-state index contributed by atoms with van der Waals surface area (Å²) in [6.07, 6.45) is 3.97. The Morgan fingerprint density at radius 2 is 1.50 bits per heavy atom. The van der Waals surface area contributed by atoms with Gasteiger partial charge in [-0.1, -0.05) is 39.0 Å². The molecule has 0 rings (SSSR count). The van der Waals surface area contributed by atoms with Gasteiger partial charge in [-0.2, -0.15) is 11.8 Å². The maximum Gasteiger partial charge on any atom is 0.109 e. The summed E-state index contributed by atoms with van der Waals surface area (Å²) in [7, 11) is 0. The average Bonchev–Trinajstić information content (AvgIpc) is 2.39. The second kappa shape index (κ2) is 12.2. The summed E-state index contributed by atoms with van der Waals surface area (Å²) in [6, 6.07) is 0. The molecule has 4 nitrogen and oxygen atoms in total. The molecule has 0 aliphatic rings. The van der Waals surface area contributed by atoms with Crippen LogP contribution in [0.1, 0.15) is 45.4 Å². The number of hydrogen-bond acceptors (Lipinski definition) is 5. The van der Waals surface area contributed by atoms with Gasteiger partial charge in [0.1, 0.15) is 12.2 Å². The van der Waals surface area contributed by atoms with Gasteiger partial charge >= 0.3 is 0 Å². The molecule has 0 aliphatic carbocycles. The van der Waals surface area contributed by atoms with Crippen molar-refractivity contribution in [2.75, 3.05) is 18.1 Å². The lowest BCUT2D eigenvalue weighted by atomic mass is 10.1. The van der Waals surface area contributed by atoms with Crippen LogP contribution in [0.25, 0.3) is 0 Å². The highest BCUT2D eigenvalue weighted by Gasteiger charge is 2.23. The van der Waals surface area contributed by atoms with Crippen molar-refractivity contribution in [3.8, 4) is 0 Å². The minimum Gasteiger partial charge on any atom is -0.394 e. The van der Waals surface area contributed by atoms with Crippen molar-refractivity contribution >= 4 is 11.8 Å². The summed E-state index contributed by atoms with van der Waals surface area (Å²) in [6.45, 7) is 1.67. The number of aliphatic hydroxyl groups is 4. The molecule has 0 saturated heterocycles. The standard InChI is InChI=1S/C13H28O4S/c1-2-3-4-5-6-7-8-18-10-12(16)13(17)11(15)9-14/h11-17H,2-10H2,1H3/t11-,12+,13-/m0/s1. The summed E-state index contributed by atoms with van der Waals surface area (Å²) in [5.41, 5.74) is 0. The SMILES string of the molecule is CCCCCCCCSC[C@@H](O)[C@@H](O)[C@@H](O)CO. The zero-order valence-electron chi connectivity index (χ0n) is 11.3. The highest BCUT2D eigenvalue weighted by atomic mass is 32.2. The fourth-order valence-electron chi connectivity index (χ4n) is 1.65. The average molecular weight is 280 g/mol. The van der Waals surface area contributed by atoms with Crippen LogP contribution in [0.3, 0.4) is 0 Å². The number of hydrogen-bond donors (Lipinski definition) is 4. The second-order valence-electron chi connectivity index (χ2n) is 4.65. The predicted octanol–water partition coefficient (Wildman–Crippen LogP) is 1.16. The lowest BCUT2D eigenvalue weighted by Gasteiger charge is -2.21. The van der Waals surface area contributed by atoms with Gasteiger partial charge in [0.15, 0.2) is 0 Å². The van der Waals surface area contributed by atoms with Crippen LogP contribution in [0.5, 0.6) is 0 Å². The third-order valence-electron chi connectivity index (χ3n) is 2.91. The molecule has 0 saturated carbocycles. The molecule has 0 fully saturated rings. The molecule has 0 radical (unpaired) electrons. The minimum atomic E-state index is -1.26. The maximum atomic E-state index is 9.55. The number of aliphatic hydroxyl groups excluding tert-OH is 4. The molecule has 0 aliphatic heterocycles. The minimum absolute atomic E-state index is 0.396. The Labute approximate surface area is 114 Å². The summed E-state index contributed by atoms with van der Waals surface area (Å²) in [4.78, 5) is 0. The van der Waals surface area contributed by atoms with Crippen LogP contribution in [0.15, 0.2) is 0 Å². The maximum absolute atomic E-state index is 9.55. The Bertz CT molecular complexity index is 180. The Balaban J connectivity index is 3.37. The van der Waals surface area contributed by atoms with E-state index < -0.39 is 24.9 Å². The molecule has 0 aromatic rings. The van der Waals surface area contributed by atoms with E-state index in [1.807, 2.05) is 0 Å². The topological polar surface area (TPSA) is 80.9 Å². The van der Waals surface area contributed by atoms with E-state index in [2.05, 4.69) is 6.92 Å². The fourth-order valence-corrected chi connectivity index (χ4v) is 2.67. The lowest BCUT2D eigenvalue weighted by molar-refractivity contribution is -0.0683. The van der Waals surface area contributed by atoms with Gasteiger partial charge in [0.25, 0.3) is 0 Å². The van der Waals surface area contributed by atoms with Crippen molar-refractivity contribution in [3.63, 3.8) is 0 Å². The Kier molecular flexibility index (Phi) is 12.4. The van der Waals surface area contributed by atoms with E-state index in [9.17, 15) is 10.2 Å². The quantitative estimate of drug-likeness (QED) is 0.403. The zero-order chi connectivity index (χ0) is 13.8. The van der Waals surface area contributed by atoms with E-state index in [0.717, 1.165) is 12.2 Å². The first-order valence-corrected chi connectivity index (χ1v) is 8.01. The van der Waals surface area contributed by atoms with E-state index in [4.69, 9.17) is 10.2 Å². The molecule has 3 atom stereocenters. The molecular weight excluding hydrogens is 252 g/mol. The van der Waals surface area contributed by atoms with Crippen LogP contribution in [0.2, 0.25) is 0 Å². The third-order valence-corrected chi connectivity index (χ3v) is 4.06. The molecule has 0 unspecified atom stereocenters. The van der Waals surface area contributed by atoms with Crippen LogP contribution in [0.4, 0.5) is 0 Å². The van der Waals surface area contributed by atoms with E-state index in [1.165, 1.54) is 32.1 Å².